The molecule has 0 saturated heterocycles. The van der Waals surface area contributed by atoms with E-state index in [4.69, 9.17) is 10.2 Å². The molecule has 0 heterocycles. The van der Waals surface area contributed by atoms with Crippen molar-refractivity contribution in [2.75, 3.05) is 6.61 Å². The first-order chi connectivity index (χ1) is 10.9. The van der Waals surface area contributed by atoms with Gasteiger partial charge in [-0.2, -0.15) is 0 Å². The third-order valence-electron chi connectivity index (χ3n) is 4.21. The molecule has 0 saturated carbocycles. The van der Waals surface area contributed by atoms with Gasteiger partial charge >= 0.3 is 0 Å². The van der Waals surface area contributed by atoms with Gasteiger partial charge in [0.2, 0.25) is 0 Å². The van der Waals surface area contributed by atoms with Crippen LogP contribution in [0, 0.1) is 0 Å². The Morgan fingerprint density at radius 1 is 1.00 bits per heavy atom. The molecule has 0 fully saturated rings. The smallest absolute Gasteiger partial charge is 0.261 e. The molecular formula is C20H27NOSi. The lowest BCUT2D eigenvalue weighted by atomic mass is 10.2. The van der Waals surface area contributed by atoms with Crippen LogP contribution >= 0.6 is 0 Å². The maximum atomic E-state index is 6.66. The second kappa shape index (κ2) is 7.26. The molecule has 2 aromatic rings. The molecule has 23 heavy (non-hydrogen) atoms. The minimum absolute atomic E-state index is 0.0173. The molecule has 0 unspecified atom stereocenters. The Morgan fingerprint density at radius 3 is 1.78 bits per heavy atom. The van der Waals surface area contributed by atoms with E-state index < -0.39 is 8.32 Å². The zero-order chi connectivity index (χ0) is 16.9. The highest BCUT2D eigenvalue weighted by Crippen LogP contribution is 2.36. The average Bonchev–Trinajstić information content (AvgIpc) is 2.56. The Bertz CT molecular complexity index is 580. The van der Waals surface area contributed by atoms with Crippen LogP contribution in [0.3, 0.4) is 0 Å². The van der Waals surface area contributed by atoms with Crippen LogP contribution in [0.2, 0.25) is 5.04 Å². The lowest BCUT2D eigenvalue weighted by molar-refractivity contribution is 0.288. The third-order valence-corrected chi connectivity index (χ3v) is 9.22. The van der Waals surface area contributed by atoms with Crippen LogP contribution in [0.15, 0.2) is 73.3 Å². The molecule has 2 nitrogen and oxygen atoms in total. The van der Waals surface area contributed by atoms with Crippen molar-refractivity contribution in [2.45, 2.75) is 31.9 Å². The van der Waals surface area contributed by atoms with Crippen LogP contribution in [0.25, 0.3) is 0 Å². The molecule has 0 amide bonds. The van der Waals surface area contributed by atoms with Gasteiger partial charge in [0, 0.05) is 6.04 Å². The Balaban J connectivity index is 2.62. The van der Waals surface area contributed by atoms with Gasteiger partial charge in [0.15, 0.2) is 0 Å². The number of benzene rings is 2. The van der Waals surface area contributed by atoms with Gasteiger partial charge in [-0.1, -0.05) is 87.5 Å². The van der Waals surface area contributed by atoms with Crippen LogP contribution in [-0.4, -0.2) is 21.0 Å². The fourth-order valence-electron chi connectivity index (χ4n) is 3.05. The predicted molar refractivity (Wildman–Crippen MR) is 102 cm³/mol. The van der Waals surface area contributed by atoms with E-state index in [0.717, 1.165) is 0 Å². The Labute approximate surface area is 141 Å². The summed E-state index contributed by atoms with van der Waals surface area (Å²) >= 11 is 0. The molecule has 0 radical (unpaired) electrons. The predicted octanol–water partition coefficient (Wildman–Crippen LogP) is 3.08. The maximum Gasteiger partial charge on any atom is 0.261 e. The lowest BCUT2D eigenvalue weighted by Crippen LogP contribution is -2.67. The summed E-state index contributed by atoms with van der Waals surface area (Å²) in [5.41, 5.74) is 6.06. The molecule has 0 aliphatic heterocycles. The quantitative estimate of drug-likeness (QED) is 0.654. The van der Waals surface area contributed by atoms with Gasteiger partial charge in [-0.05, 0) is 15.4 Å². The Morgan fingerprint density at radius 2 is 1.43 bits per heavy atom. The minimum Gasteiger partial charge on any atom is -0.406 e. The van der Waals surface area contributed by atoms with Gasteiger partial charge in [-0.25, -0.2) is 0 Å². The van der Waals surface area contributed by atoms with E-state index in [1.165, 1.54) is 10.4 Å². The lowest BCUT2D eigenvalue weighted by Gasteiger charge is -2.43. The highest BCUT2D eigenvalue weighted by molar-refractivity contribution is 6.99. The molecule has 0 spiro atoms. The van der Waals surface area contributed by atoms with Crippen molar-refractivity contribution in [3.8, 4) is 0 Å². The van der Waals surface area contributed by atoms with Gasteiger partial charge in [-0.15, -0.1) is 6.58 Å². The second-order valence-corrected chi connectivity index (χ2v) is 11.2. The van der Waals surface area contributed by atoms with Gasteiger partial charge in [0.05, 0.1) is 6.61 Å². The Hall–Kier alpha value is -1.68. The zero-order valence-corrected chi connectivity index (χ0v) is 15.3. The molecule has 2 N–H and O–H groups in total. The van der Waals surface area contributed by atoms with Crippen LogP contribution in [0.5, 0.6) is 0 Å². The summed E-state index contributed by atoms with van der Waals surface area (Å²) in [6.45, 7) is 11.0. The summed E-state index contributed by atoms with van der Waals surface area (Å²) < 4.78 is 6.66. The monoisotopic (exact) mass is 325 g/mol. The van der Waals surface area contributed by atoms with Crippen molar-refractivity contribution < 1.29 is 4.43 Å². The molecular weight excluding hydrogens is 298 g/mol. The van der Waals surface area contributed by atoms with E-state index in [1.54, 1.807) is 6.08 Å². The molecule has 2 rings (SSSR count). The molecule has 2 aromatic carbocycles. The normalized spacial score (nSPS) is 13.6. The summed E-state index contributed by atoms with van der Waals surface area (Å²) in [6.07, 6.45) is 1.75. The van der Waals surface area contributed by atoms with E-state index in [0.29, 0.717) is 6.61 Å². The SMILES string of the molecule is C=C[C@@H](N)CO[Si](c1ccccc1)(c1ccccc1)C(C)(C)C. The molecule has 0 aliphatic carbocycles. The van der Waals surface area contributed by atoms with Crippen molar-refractivity contribution in [3.63, 3.8) is 0 Å². The first-order valence-corrected chi connectivity index (χ1v) is 9.96. The van der Waals surface area contributed by atoms with Crippen molar-refractivity contribution >= 4 is 18.7 Å². The zero-order valence-electron chi connectivity index (χ0n) is 14.3. The van der Waals surface area contributed by atoms with E-state index in [1.807, 2.05) is 12.1 Å². The standard InChI is InChI=1S/C20H27NOSi/c1-5-17(21)16-22-23(20(2,3)4,18-12-8-6-9-13-18)19-14-10-7-11-15-19/h5-15,17H,1,16,21H2,2-4H3/t17-/m1/s1. The van der Waals surface area contributed by atoms with E-state index in [-0.39, 0.29) is 11.1 Å². The topological polar surface area (TPSA) is 35.2 Å². The summed E-state index contributed by atoms with van der Waals surface area (Å²) in [7, 11) is -2.46. The van der Waals surface area contributed by atoms with E-state index in [9.17, 15) is 0 Å². The fourth-order valence-corrected chi connectivity index (χ4v) is 7.65. The first kappa shape index (κ1) is 17.7. The first-order valence-electron chi connectivity index (χ1n) is 8.05. The van der Waals surface area contributed by atoms with Crippen LogP contribution in [0.1, 0.15) is 20.8 Å². The fraction of sp³-hybridized carbons (Fsp3) is 0.300. The third kappa shape index (κ3) is 3.63. The highest BCUT2D eigenvalue weighted by Gasteiger charge is 2.50. The highest BCUT2D eigenvalue weighted by atomic mass is 28.4. The summed E-state index contributed by atoms with van der Waals surface area (Å²) in [6, 6.07) is 21.0. The number of nitrogens with two attached hydrogens (primary N) is 1. The Kier molecular flexibility index (Phi) is 5.58. The van der Waals surface area contributed by atoms with E-state index >= 15 is 0 Å². The minimum atomic E-state index is -2.46. The van der Waals surface area contributed by atoms with Crippen LogP contribution in [-0.2, 0) is 4.43 Å². The number of hydrogen-bond acceptors (Lipinski definition) is 2. The van der Waals surface area contributed by atoms with Crippen LogP contribution in [0.4, 0.5) is 0 Å². The number of rotatable bonds is 6. The summed E-state index contributed by atoms with van der Waals surface area (Å²) in [5, 5.41) is 2.53. The molecule has 0 aromatic heterocycles. The van der Waals surface area contributed by atoms with Gasteiger partial charge in [-0.3, -0.25) is 0 Å². The van der Waals surface area contributed by atoms with Crippen LogP contribution < -0.4 is 16.1 Å². The van der Waals surface area contributed by atoms with E-state index in [2.05, 4.69) is 75.9 Å². The summed E-state index contributed by atoms with van der Waals surface area (Å²) in [5.74, 6) is 0. The van der Waals surface area contributed by atoms with Crippen molar-refractivity contribution in [2.24, 2.45) is 5.73 Å². The molecule has 0 aliphatic rings. The largest absolute Gasteiger partial charge is 0.406 e. The van der Waals surface area contributed by atoms with Gasteiger partial charge in [0.25, 0.3) is 8.32 Å². The van der Waals surface area contributed by atoms with Crippen molar-refractivity contribution in [3.05, 3.63) is 73.3 Å². The maximum absolute atomic E-state index is 6.66. The second-order valence-electron chi connectivity index (χ2n) is 6.87. The van der Waals surface area contributed by atoms with Crippen molar-refractivity contribution in [1.82, 2.24) is 0 Å². The number of hydrogen-bond donors (Lipinski definition) is 1. The molecule has 3 heteroatoms. The summed E-state index contributed by atoms with van der Waals surface area (Å²) in [4.78, 5) is 0. The molecule has 1 atom stereocenters. The average molecular weight is 326 g/mol. The van der Waals surface area contributed by atoms with Gasteiger partial charge in [0.1, 0.15) is 0 Å². The molecule has 0 bridgehead atoms. The molecule has 122 valence electrons. The van der Waals surface area contributed by atoms with Crippen molar-refractivity contribution in [1.29, 1.82) is 0 Å². The van der Waals surface area contributed by atoms with Gasteiger partial charge < -0.3 is 10.2 Å².